The first-order chi connectivity index (χ1) is 15.0. The van der Waals surface area contributed by atoms with Gasteiger partial charge in [-0.3, -0.25) is 14.9 Å². The molecular weight excluding hydrogens is 438 g/mol. The monoisotopic (exact) mass is 459 g/mol. The molecule has 1 N–H and O–H groups in total. The molecule has 0 radical (unpaired) electrons. The number of amides is 2. The number of fused-ring (bicyclic) bond motifs is 1. The van der Waals surface area contributed by atoms with Gasteiger partial charge >= 0.3 is 0 Å². The van der Waals surface area contributed by atoms with Crippen molar-refractivity contribution in [2.45, 2.75) is 13.0 Å². The first-order valence-electron chi connectivity index (χ1n) is 9.45. The Balaban J connectivity index is 1.52. The predicted octanol–water partition coefficient (Wildman–Crippen LogP) is 3.68. The Morgan fingerprint density at radius 1 is 1.10 bits per heavy atom. The number of aromatic nitrogens is 1. The van der Waals surface area contributed by atoms with E-state index >= 15 is 0 Å². The van der Waals surface area contributed by atoms with Gasteiger partial charge in [0.1, 0.15) is 0 Å². The van der Waals surface area contributed by atoms with Crippen molar-refractivity contribution in [2.75, 3.05) is 33.2 Å². The number of methoxy groups -OCH3 is 3. The fourth-order valence-corrected chi connectivity index (χ4v) is 5.03. The second kappa shape index (κ2) is 8.94. The fourth-order valence-electron chi connectivity index (χ4n) is 3.37. The van der Waals surface area contributed by atoms with Gasteiger partial charge in [0.2, 0.25) is 5.75 Å². The van der Waals surface area contributed by atoms with Crippen molar-refractivity contribution in [1.82, 2.24) is 9.88 Å². The second-order valence-electron chi connectivity index (χ2n) is 6.75. The van der Waals surface area contributed by atoms with E-state index in [2.05, 4.69) is 10.3 Å². The maximum atomic E-state index is 13.2. The number of nitrogens with zero attached hydrogens (tertiary/aromatic N) is 2. The van der Waals surface area contributed by atoms with Gasteiger partial charge in [-0.05, 0) is 23.6 Å². The molecule has 2 amide bonds. The predicted molar refractivity (Wildman–Crippen MR) is 119 cm³/mol. The molecule has 4 rings (SSSR count). The Hall–Kier alpha value is -3.11. The molecule has 1 aliphatic rings. The average Bonchev–Trinajstić information content (AvgIpc) is 3.46. The van der Waals surface area contributed by atoms with E-state index < -0.39 is 0 Å². The van der Waals surface area contributed by atoms with Gasteiger partial charge in [-0.1, -0.05) is 11.3 Å². The summed E-state index contributed by atoms with van der Waals surface area (Å²) in [5.41, 5.74) is 1.98. The molecule has 162 valence electrons. The van der Waals surface area contributed by atoms with E-state index in [0.29, 0.717) is 53.0 Å². The van der Waals surface area contributed by atoms with Crippen molar-refractivity contribution in [2.24, 2.45) is 0 Å². The van der Waals surface area contributed by atoms with E-state index in [1.807, 2.05) is 5.38 Å². The van der Waals surface area contributed by atoms with Crippen LogP contribution in [0.15, 0.2) is 29.0 Å². The smallest absolute Gasteiger partial charge is 0.258 e. The highest BCUT2D eigenvalue weighted by Gasteiger charge is 2.27. The highest BCUT2D eigenvalue weighted by atomic mass is 32.1. The summed E-state index contributed by atoms with van der Waals surface area (Å²) in [6, 6.07) is 5.07. The van der Waals surface area contributed by atoms with E-state index in [4.69, 9.17) is 14.2 Å². The molecule has 0 unspecified atom stereocenters. The van der Waals surface area contributed by atoms with Gasteiger partial charge in [-0.15, -0.1) is 0 Å². The highest BCUT2D eigenvalue weighted by molar-refractivity contribution is 7.16. The summed E-state index contributed by atoms with van der Waals surface area (Å²) in [4.78, 5) is 32.7. The van der Waals surface area contributed by atoms with E-state index in [0.717, 1.165) is 10.6 Å². The molecule has 0 saturated carbocycles. The SMILES string of the molecule is COc1cc(C(=O)N2CCc3nc(NC(=O)c4ccsc4)sc3C2)cc(OC)c1OC. The molecule has 2 aromatic heterocycles. The number of ether oxygens (including phenoxy) is 3. The van der Waals surface area contributed by atoms with Crippen LogP contribution in [0.4, 0.5) is 5.13 Å². The molecule has 3 aromatic rings. The fraction of sp³-hybridized carbons (Fsp3) is 0.286. The van der Waals surface area contributed by atoms with Gasteiger partial charge in [-0.2, -0.15) is 11.3 Å². The van der Waals surface area contributed by atoms with Crippen LogP contribution in [0.2, 0.25) is 0 Å². The minimum absolute atomic E-state index is 0.137. The van der Waals surface area contributed by atoms with Crippen molar-refractivity contribution in [1.29, 1.82) is 0 Å². The van der Waals surface area contributed by atoms with Crippen LogP contribution in [-0.4, -0.2) is 49.6 Å². The van der Waals surface area contributed by atoms with Crippen LogP contribution in [0.1, 0.15) is 31.3 Å². The summed E-state index contributed by atoms with van der Waals surface area (Å²) >= 11 is 2.86. The maximum Gasteiger partial charge on any atom is 0.258 e. The Labute approximate surface area is 187 Å². The molecule has 0 bridgehead atoms. The second-order valence-corrected chi connectivity index (χ2v) is 8.61. The van der Waals surface area contributed by atoms with Crippen LogP contribution >= 0.6 is 22.7 Å². The topological polar surface area (TPSA) is 90.0 Å². The van der Waals surface area contributed by atoms with Crippen molar-refractivity contribution < 1.29 is 23.8 Å². The third-order valence-corrected chi connectivity index (χ3v) is 6.62. The molecule has 1 aromatic carbocycles. The van der Waals surface area contributed by atoms with Crippen LogP contribution in [-0.2, 0) is 13.0 Å². The van der Waals surface area contributed by atoms with Gasteiger partial charge in [0.05, 0.1) is 39.1 Å². The number of hydrogen-bond acceptors (Lipinski definition) is 8. The number of hydrogen-bond donors (Lipinski definition) is 1. The minimum Gasteiger partial charge on any atom is -0.493 e. The van der Waals surface area contributed by atoms with Crippen LogP contribution < -0.4 is 19.5 Å². The Morgan fingerprint density at radius 2 is 1.84 bits per heavy atom. The minimum atomic E-state index is -0.183. The van der Waals surface area contributed by atoms with Crippen molar-refractivity contribution in [3.63, 3.8) is 0 Å². The number of thiophene rings is 1. The summed E-state index contributed by atoms with van der Waals surface area (Å²) in [6.45, 7) is 0.959. The maximum absolute atomic E-state index is 13.2. The van der Waals surface area contributed by atoms with Crippen LogP contribution in [0, 0.1) is 0 Å². The number of thiazole rings is 1. The molecular formula is C21H21N3O5S2. The largest absolute Gasteiger partial charge is 0.493 e. The lowest BCUT2D eigenvalue weighted by Gasteiger charge is -2.26. The van der Waals surface area contributed by atoms with Crippen molar-refractivity contribution in [3.8, 4) is 17.2 Å². The van der Waals surface area contributed by atoms with E-state index in [9.17, 15) is 9.59 Å². The third-order valence-electron chi connectivity index (χ3n) is 4.93. The summed E-state index contributed by atoms with van der Waals surface area (Å²) in [5, 5.41) is 7.04. The first-order valence-corrected chi connectivity index (χ1v) is 11.2. The van der Waals surface area contributed by atoms with Gasteiger partial charge in [-0.25, -0.2) is 4.98 Å². The first kappa shape index (κ1) is 21.1. The number of benzene rings is 1. The van der Waals surface area contributed by atoms with Gasteiger partial charge < -0.3 is 19.1 Å². The number of rotatable bonds is 6. The third kappa shape index (κ3) is 4.21. The zero-order valence-electron chi connectivity index (χ0n) is 17.3. The molecule has 8 nitrogen and oxygen atoms in total. The molecule has 0 fully saturated rings. The number of carbonyl (C=O) groups is 2. The molecule has 0 saturated heterocycles. The van der Waals surface area contributed by atoms with Crippen molar-refractivity contribution in [3.05, 3.63) is 50.7 Å². The summed E-state index contributed by atoms with van der Waals surface area (Å²) in [6.07, 6.45) is 0.621. The molecule has 10 heteroatoms. The summed E-state index contributed by atoms with van der Waals surface area (Å²) in [5.74, 6) is 0.981. The number of carbonyl (C=O) groups excluding carboxylic acids is 2. The van der Waals surface area contributed by atoms with E-state index in [1.54, 1.807) is 28.5 Å². The number of nitrogens with one attached hydrogen (secondary N) is 1. The molecule has 0 aliphatic carbocycles. The zero-order chi connectivity index (χ0) is 22.0. The van der Waals surface area contributed by atoms with Crippen LogP contribution in [0.25, 0.3) is 0 Å². The van der Waals surface area contributed by atoms with E-state index in [-0.39, 0.29) is 11.8 Å². The van der Waals surface area contributed by atoms with Crippen molar-refractivity contribution >= 4 is 39.6 Å². The van der Waals surface area contributed by atoms with Gasteiger partial charge in [0.15, 0.2) is 16.6 Å². The van der Waals surface area contributed by atoms with Gasteiger partial charge in [0, 0.05) is 28.8 Å². The lowest BCUT2D eigenvalue weighted by molar-refractivity contribution is 0.0735. The quantitative estimate of drug-likeness (QED) is 0.605. The number of anilines is 1. The standard InChI is InChI=1S/C21H21N3O5S2/c1-27-15-8-13(9-16(28-2)18(15)29-3)20(26)24-6-4-14-17(10-24)31-21(22-14)23-19(25)12-5-7-30-11-12/h5,7-9,11H,4,6,10H2,1-3H3,(H,22,23,25). The summed E-state index contributed by atoms with van der Waals surface area (Å²) in [7, 11) is 4.55. The lowest BCUT2D eigenvalue weighted by Crippen LogP contribution is -2.35. The van der Waals surface area contributed by atoms with Crippen LogP contribution in [0.3, 0.4) is 0 Å². The van der Waals surface area contributed by atoms with E-state index in [1.165, 1.54) is 44.0 Å². The normalized spacial score (nSPS) is 12.8. The Bertz CT molecular complexity index is 1090. The molecule has 0 spiro atoms. The summed E-state index contributed by atoms with van der Waals surface area (Å²) < 4.78 is 16.1. The van der Waals surface area contributed by atoms with Crippen LogP contribution in [0.5, 0.6) is 17.2 Å². The molecule has 0 atom stereocenters. The Kier molecular flexibility index (Phi) is 6.10. The Morgan fingerprint density at radius 3 is 2.45 bits per heavy atom. The average molecular weight is 460 g/mol. The van der Waals surface area contributed by atoms with Gasteiger partial charge in [0.25, 0.3) is 11.8 Å². The highest BCUT2D eigenvalue weighted by Crippen LogP contribution is 2.39. The molecule has 1 aliphatic heterocycles. The molecule has 3 heterocycles. The molecule has 31 heavy (non-hydrogen) atoms. The lowest BCUT2D eigenvalue weighted by atomic mass is 10.1. The zero-order valence-corrected chi connectivity index (χ0v) is 18.9.